The third kappa shape index (κ3) is 2.61. The second-order valence-electron chi connectivity index (χ2n) is 2.46. The summed E-state index contributed by atoms with van der Waals surface area (Å²) in [4.78, 5) is 3.93. The fourth-order valence-corrected chi connectivity index (χ4v) is 0.920. The number of nitrogens with one attached hydrogen (secondary N) is 1. The fourth-order valence-electron chi connectivity index (χ4n) is 0.920. The number of hydrogen-bond acceptors (Lipinski definition) is 3. The second kappa shape index (κ2) is 4.27. The molecule has 1 aromatic carbocycles. The van der Waals surface area contributed by atoms with Crippen LogP contribution in [0.3, 0.4) is 0 Å². The van der Waals surface area contributed by atoms with Crippen LogP contribution in [0.15, 0.2) is 47.7 Å². The van der Waals surface area contributed by atoms with Crippen LogP contribution in [0.5, 0.6) is 0 Å². The summed E-state index contributed by atoms with van der Waals surface area (Å²) < 4.78 is 0. The van der Waals surface area contributed by atoms with Gasteiger partial charge in [-0.15, -0.1) is 0 Å². The minimum atomic E-state index is 0.219. The topological polar surface area (TPSA) is 76.4 Å². The first-order valence-electron chi connectivity index (χ1n) is 3.79. The van der Waals surface area contributed by atoms with Crippen molar-refractivity contribution in [3.05, 3.63) is 48.3 Å². The van der Waals surface area contributed by atoms with Crippen LogP contribution in [0.1, 0.15) is 5.56 Å². The van der Waals surface area contributed by atoms with E-state index in [4.69, 9.17) is 11.6 Å². The van der Waals surface area contributed by atoms with Gasteiger partial charge in [-0.25, -0.2) is 10.8 Å². The van der Waals surface area contributed by atoms with Crippen molar-refractivity contribution >= 4 is 5.84 Å². The zero-order chi connectivity index (χ0) is 9.68. The molecule has 0 saturated carbocycles. The van der Waals surface area contributed by atoms with Crippen molar-refractivity contribution in [3.63, 3.8) is 0 Å². The van der Waals surface area contributed by atoms with Gasteiger partial charge in [0.25, 0.3) is 0 Å². The van der Waals surface area contributed by atoms with E-state index in [1.54, 1.807) is 0 Å². The number of aliphatic imine (C=N–C) groups is 1. The SMILES string of the molecule is C=C(N)/N=C(\NN)c1ccccc1. The number of nitrogens with two attached hydrogens (primary N) is 2. The lowest BCUT2D eigenvalue weighted by atomic mass is 10.2. The van der Waals surface area contributed by atoms with Crippen LogP contribution < -0.4 is 17.0 Å². The number of benzene rings is 1. The summed E-state index contributed by atoms with van der Waals surface area (Å²) in [5, 5.41) is 0. The highest BCUT2D eigenvalue weighted by atomic mass is 15.3. The van der Waals surface area contributed by atoms with E-state index in [2.05, 4.69) is 17.0 Å². The Morgan fingerprint density at radius 2 is 1.92 bits per heavy atom. The van der Waals surface area contributed by atoms with Gasteiger partial charge in [-0.05, 0) is 0 Å². The lowest BCUT2D eigenvalue weighted by Gasteiger charge is -2.04. The molecule has 0 bridgehead atoms. The van der Waals surface area contributed by atoms with E-state index in [9.17, 15) is 0 Å². The van der Waals surface area contributed by atoms with E-state index in [1.165, 1.54) is 0 Å². The van der Waals surface area contributed by atoms with Crippen LogP contribution in [-0.4, -0.2) is 5.84 Å². The smallest absolute Gasteiger partial charge is 0.149 e. The molecular weight excluding hydrogens is 164 g/mol. The van der Waals surface area contributed by atoms with Crippen molar-refractivity contribution in [2.24, 2.45) is 16.6 Å². The van der Waals surface area contributed by atoms with E-state index >= 15 is 0 Å². The molecule has 1 aromatic rings. The first kappa shape index (κ1) is 9.28. The van der Waals surface area contributed by atoms with E-state index in [-0.39, 0.29) is 5.82 Å². The molecule has 13 heavy (non-hydrogen) atoms. The zero-order valence-electron chi connectivity index (χ0n) is 7.20. The lowest BCUT2D eigenvalue weighted by Crippen LogP contribution is -2.31. The Labute approximate surface area is 76.9 Å². The predicted molar refractivity (Wildman–Crippen MR) is 53.6 cm³/mol. The van der Waals surface area contributed by atoms with E-state index in [0.29, 0.717) is 5.84 Å². The van der Waals surface area contributed by atoms with Gasteiger partial charge in [0, 0.05) is 5.56 Å². The van der Waals surface area contributed by atoms with Gasteiger partial charge >= 0.3 is 0 Å². The average molecular weight is 176 g/mol. The van der Waals surface area contributed by atoms with Crippen molar-refractivity contribution in [1.82, 2.24) is 5.43 Å². The normalized spacial score (nSPS) is 11.0. The van der Waals surface area contributed by atoms with Crippen LogP contribution >= 0.6 is 0 Å². The largest absolute Gasteiger partial charge is 0.384 e. The molecule has 0 heterocycles. The van der Waals surface area contributed by atoms with Gasteiger partial charge in [0.05, 0.1) is 0 Å². The average Bonchev–Trinajstić information content (AvgIpc) is 2.15. The van der Waals surface area contributed by atoms with E-state index < -0.39 is 0 Å². The molecule has 4 nitrogen and oxygen atoms in total. The Balaban J connectivity index is 2.98. The molecule has 0 aromatic heterocycles. The van der Waals surface area contributed by atoms with Crippen LogP contribution in [0, 0.1) is 0 Å². The van der Waals surface area contributed by atoms with Gasteiger partial charge in [-0.3, -0.25) is 0 Å². The Hall–Kier alpha value is -1.81. The van der Waals surface area contributed by atoms with Gasteiger partial charge in [-0.1, -0.05) is 36.9 Å². The van der Waals surface area contributed by atoms with Gasteiger partial charge < -0.3 is 11.2 Å². The Morgan fingerprint density at radius 3 is 2.38 bits per heavy atom. The number of amidine groups is 1. The maximum atomic E-state index is 5.33. The molecule has 0 amide bonds. The summed E-state index contributed by atoms with van der Waals surface area (Å²) in [7, 11) is 0. The Morgan fingerprint density at radius 1 is 1.31 bits per heavy atom. The third-order valence-corrected chi connectivity index (χ3v) is 1.44. The minimum absolute atomic E-state index is 0.219. The number of rotatable bonds is 2. The molecular formula is C9H12N4. The van der Waals surface area contributed by atoms with Crippen molar-refractivity contribution in [3.8, 4) is 0 Å². The van der Waals surface area contributed by atoms with E-state index in [1.807, 2.05) is 30.3 Å². The van der Waals surface area contributed by atoms with Gasteiger partial charge in [0.1, 0.15) is 11.7 Å². The molecule has 4 heteroatoms. The monoisotopic (exact) mass is 176 g/mol. The lowest BCUT2D eigenvalue weighted by molar-refractivity contribution is 1.01. The highest BCUT2D eigenvalue weighted by Crippen LogP contribution is 1.99. The number of nitrogens with zero attached hydrogens (tertiary/aromatic N) is 1. The predicted octanol–water partition coefficient (Wildman–Crippen LogP) is 0.326. The van der Waals surface area contributed by atoms with Crippen LogP contribution in [0.2, 0.25) is 0 Å². The molecule has 0 fully saturated rings. The molecule has 0 aliphatic heterocycles. The van der Waals surface area contributed by atoms with Crippen molar-refractivity contribution < 1.29 is 0 Å². The fraction of sp³-hybridized carbons (Fsp3) is 0. The molecule has 0 spiro atoms. The molecule has 0 saturated heterocycles. The highest BCUT2D eigenvalue weighted by molar-refractivity contribution is 5.98. The van der Waals surface area contributed by atoms with Crippen molar-refractivity contribution in [1.29, 1.82) is 0 Å². The first-order valence-corrected chi connectivity index (χ1v) is 3.79. The van der Waals surface area contributed by atoms with Crippen molar-refractivity contribution in [2.45, 2.75) is 0 Å². The Kier molecular flexibility index (Phi) is 3.05. The van der Waals surface area contributed by atoms with Crippen LogP contribution in [0.25, 0.3) is 0 Å². The van der Waals surface area contributed by atoms with Gasteiger partial charge in [0.2, 0.25) is 0 Å². The summed E-state index contributed by atoms with van der Waals surface area (Å²) in [6, 6.07) is 9.45. The third-order valence-electron chi connectivity index (χ3n) is 1.44. The summed E-state index contributed by atoms with van der Waals surface area (Å²) in [6.45, 7) is 3.46. The molecule has 0 atom stereocenters. The number of hydrazine groups is 1. The summed E-state index contributed by atoms with van der Waals surface area (Å²) in [5.74, 6) is 6.00. The van der Waals surface area contributed by atoms with Crippen molar-refractivity contribution in [2.75, 3.05) is 0 Å². The molecule has 68 valence electrons. The van der Waals surface area contributed by atoms with Gasteiger partial charge in [-0.2, -0.15) is 0 Å². The molecule has 0 radical (unpaired) electrons. The first-order chi connectivity index (χ1) is 6.24. The summed E-state index contributed by atoms with van der Waals surface area (Å²) >= 11 is 0. The standard InChI is InChI=1S/C9H12N4/c1-7(10)12-9(13-11)8-5-3-2-4-6-8/h2-6H,1,10-11H2,(H,12,13). The molecule has 1 rings (SSSR count). The maximum absolute atomic E-state index is 5.33. The second-order valence-corrected chi connectivity index (χ2v) is 2.46. The molecule has 0 unspecified atom stereocenters. The Bertz CT molecular complexity index is 316. The zero-order valence-corrected chi connectivity index (χ0v) is 7.20. The van der Waals surface area contributed by atoms with Crippen LogP contribution in [-0.2, 0) is 0 Å². The van der Waals surface area contributed by atoms with E-state index in [0.717, 1.165) is 5.56 Å². The quantitative estimate of drug-likeness (QED) is 0.263. The highest BCUT2D eigenvalue weighted by Gasteiger charge is 1.98. The summed E-state index contributed by atoms with van der Waals surface area (Å²) in [6.07, 6.45) is 0. The molecule has 0 aliphatic rings. The van der Waals surface area contributed by atoms with Crippen LogP contribution in [0.4, 0.5) is 0 Å². The number of hydrogen-bond donors (Lipinski definition) is 3. The molecule has 0 aliphatic carbocycles. The maximum Gasteiger partial charge on any atom is 0.149 e. The minimum Gasteiger partial charge on any atom is -0.384 e. The molecule has 5 N–H and O–H groups in total. The summed E-state index contributed by atoms with van der Waals surface area (Å²) in [5.41, 5.74) is 8.66. The van der Waals surface area contributed by atoms with Gasteiger partial charge in [0.15, 0.2) is 0 Å².